The Balaban J connectivity index is 2.27. The second kappa shape index (κ2) is 7.73. The minimum absolute atomic E-state index is 0.00560. The Morgan fingerprint density at radius 3 is 2.48 bits per heavy atom. The van der Waals surface area contributed by atoms with Crippen molar-refractivity contribution in [1.82, 2.24) is 0 Å². The van der Waals surface area contributed by atoms with E-state index in [-0.39, 0.29) is 18.8 Å². The summed E-state index contributed by atoms with van der Waals surface area (Å²) >= 11 is 0. The van der Waals surface area contributed by atoms with Crippen molar-refractivity contribution in [3.8, 4) is 5.75 Å². The van der Waals surface area contributed by atoms with E-state index < -0.39 is 22.8 Å². The smallest absolute Gasteiger partial charge is 0.335 e. The Kier molecular flexibility index (Phi) is 6.09. The van der Waals surface area contributed by atoms with Crippen molar-refractivity contribution < 1.29 is 24.1 Å². The molecular formula is C20H29FO4. The maximum Gasteiger partial charge on any atom is 0.335 e. The van der Waals surface area contributed by atoms with Crippen molar-refractivity contribution >= 4 is 5.97 Å². The SMILES string of the molecule is COc1ccc(F)cc1C(C)(C)CC(O)(CC1CCCCC1)C(=O)O. The third-order valence-corrected chi connectivity index (χ3v) is 5.37. The van der Waals surface area contributed by atoms with E-state index in [9.17, 15) is 19.4 Å². The maximum atomic E-state index is 13.7. The van der Waals surface area contributed by atoms with Gasteiger partial charge in [0.05, 0.1) is 7.11 Å². The van der Waals surface area contributed by atoms with Crippen LogP contribution in [0.3, 0.4) is 0 Å². The fraction of sp³-hybridized carbons (Fsp3) is 0.650. The van der Waals surface area contributed by atoms with Crippen LogP contribution < -0.4 is 4.74 Å². The normalized spacial score (nSPS) is 18.6. The van der Waals surface area contributed by atoms with E-state index in [1.54, 1.807) is 0 Å². The molecular weight excluding hydrogens is 323 g/mol. The number of ether oxygens (including phenoxy) is 1. The van der Waals surface area contributed by atoms with Crippen molar-refractivity contribution in [2.45, 2.75) is 69.8 Å². The highest BCUT2D eigenvalue weighted by atomic mass is 19.1. The van der Waals surface area contributed by atoms with Gasteiger partial charge in [0.25, 0.3) is 0 Å². The van der Waals surface area contributed by atoms with Crippen LogP contribution in [0.2, 0.25) is 0 Å². The summed E-state index contributed by atoms with van der Waals surface area (Å²) in [5.74, 6) is -0.895. The van der Waals surface area contributed by atoms with Crippen molar-refractivity contribution in [1.29, 1.82) is 0 Å². The van der Waals surface area contributed by atoms with E-state index in [1.807, 2.05) is 13.8 Å². The Hall–Kier alpha value is -1.62. The molecule has 0 bridgehead atoms. The fourth-order valence-corrected chi connectivity index (χ4v) is 4.14. The molecule has 0 aliphatic heterocycles. The minimum Gasteiger partial charge on any atom is -0.496 e. The number of hydrogen-bond acceptors (Lipinski definition) is 3. The van der Waals surface area contributed by atoms with Crippen LogP contribution in [-0.2, 0) is 10.2 Å². The van der Waals surface area contributed by atoms with Crippen molar-refractivity contribution in [2.24, 2.45) is 5.92 Å². The van der Waals surface area contributed by atoms with Crippen LogP contribution >= 0.6 is 0 Å². The van der Waals surface area contributed by atoms with Crippen LogP contribution in [0.25, 0.3) is 0 Å². The van der Waals surface area contributed by atoms with Gasteiger partial charge in [-0.3, -0.25) is 0 Å². The summed E-state index contributed by atoms with van der Waals surface area (Å²) in [5.41, 5.74) is -2.02. The molecule has 0 saturated heterocycles. The van der Waals surface area contributed by atoms with Gasteiger partial charge >= 0.3 is 5.97 Å². The first kappa shape index (κ1) is 19.7. The molecule has 1 aromatic rings. The lowest BCUT2D eigenvalue weighted by Crippen LogP contribution is -2.45. The van der Waals surface area contributed by atoms with E-state index >= 15 is 0 Å². The molecule has 1 aliphatic rings. The van der Waals surface area contributed by atoms with E-state index in [0.717, 1.165) is 25.7 Å². The molecule has 1 aliphatic carbocycles. The summed E-state index contributed by atoms with van der Waals surface area (Å²) < 4.78 is 19.1. The first-order valence-electron chi connectivity index (χ1n) is 8.98. The Bertz CT molecular complexity index is 608. The summed E-state index contributed by atoms with van der Waals surface area (Å²) in [7, 11) is 1.50. The summed E-state index contributed by atoms with van der Waals surface area (Å²) in [6.45, 7) is 3.64. The predicted octanol–water partition coefficient (Wildman–Crippen LogP) is 4.29. The summed E-state index contributed by atoms with van der Waals surface area (Å²) in [4.78, 5) is 11.9. The Labute approximate surface area is 149 Å². The average molecular weight is 352 g/mol. The molecule has 4 nitrogen and oxygen atoms in total. The lowest BCUT2D eigenvalue weighted by atomic mass is 9.70. The van der Waals surface area contributed by atoms with E-state index in [4.69, 9.17) is 4.74 Å². The number of carbonyl (C=O) groups is 1. The number of methoxy groups -OCH3 is 1. The highest BCUT2D eigenvalue weighted by molar-refractivity contribution is 5.77. The number of carboxylic acids is 1. The van der Waals surface area contributed by atoms with Gasteiger partial charge < -0.3 is 14.9 Å². The lowest BCUT2D eigenvalue weighted by Gasteiger charge is -2.37. The second-order valence-corrected chi connectivity index (χ2v) is 7.95. The summed E-state index contributed by atoms with van der Waals surface area (Å²) in [5, 5.41) is 20.6. The van der Waals surface area contributed by atoms with Crippen LogP contribution in [-0.4, -0.2) is 28.9 Å². The Morgan fingerprint density at radius 1 is 1.28 bits per heavy atom. The molecule has 0 spiro atoms. The molecule has 0 radical (unpaired) electrons. The van der Waals surface area contributed by atoms with Gasteiger partial charge in [-0.15, -0.1) is 0 Å². The monoisotopic (exact) mass is 352 g/mol. The maximum absolute atomic E-state index is 13.7. The van der Waals surface area contributed by atoms with Gasteiger partial charge in [0.2, 0.25) is 0 Å². The molecule has 2 N–H and O–H groups in total. The van der Waals surface area contributed by atoms with Crippen molar-refractivity contribution in [3.63, 3.8) is 0 Å². The van der Waals surface area contributed by atoms with Gasteiger partial charge in [-0.05, 0) is 42.4 Å². The molecule has 5 heteroatoms. The topological polar surface area (TPSA) is 66.8 Å². The molecule has 1 unspecified atom stereocenters. The molecule has 0 heterocycles. The van der Waals surface area contributed by atoms with Crippen LogP contribution in [0, 0.1) is 11.7 Å². The van der Waals surface area contributed by atoms with Crippen LogP contribution in [0.15, 0.2) is 18.2 Å². The largest absolute Gasteiger partial charge is 0.496 e. The van der Waals surface area contributed by atoms with Gasteiger partial charge in [0.15, 0.2) is 5.60 Å². The highest BCUT2D eigenvalue weighted by Crippen LogP contribution is 2.41. The molecule has 1 saturated carbocycles. The number of rotatable bonds is 7. The molecule has 0 aromatic heterocycles. The molecule has 25 heavy (non-hydrogen) atoms. The molecule has 1 atom stereocenters. The Morgan fingerprint density at radius 2 is 1.92 bits per heavy atom. The zero-order valence-corrected chi connectivity index (χ0v) is 15.3. The molecule has 1 aromatic carbocycles. The number of hydrogen-bond donors (Lipinski definition) is 2. The zero-order chi connectivity index (χ0) is 18.7. The van der Waals surface area contributed by atoms with Gasteiger partial charge in [-0.1, -0.05) is 46.0 Å². The van der Waals surface area contributed by atoms with Crippen LogP contribution in [0.4, 0.5) is 4.39 Å². The number of benzene rings is 1. The number of aliphatic hydroxyl groups is 1. The van der Waals surface area contributed by atoms with Gasteiger partial charge in [0.1, 0.15) is 11.6 Å². The van der Waals surface area contributed by atoms with Crippen LogP contribution in [0.5, 0.6) is 5.75 Å². The quantitative estimate of drug-likeness (QED) is 0.768. The third kappa shape index (κ3) is 4.72. The zero-order valence-electron chi connectivity index (χ0n) is 15.3. The summed E-state index contributed by atoms with van der Waals surface area (Å²) in [6, 6.07) is 4.21. The van der Waals surface area contributed by atoms with Gasteiger partial charge in [-0.2, -0.15) is 0 Å². The minimum atomic E-state index is -1.83. The second-order valence-electron chi connectivity index (χ2n) is 7.95. The predicted molar refractivity (Wildman–Crippen MR) is 94.4 cm³/mol. The van der Waals surface area contributed by atoms with E-state index in [2.05, 4.69) is 0 Å². The van der Waals surface area contributed by atoms with Crippen LogP contribution in [0.1, 0.15) is 64.4 Å². The first-order valence-corrected chi connectivity index (χ1v) is 8.98. The molecule has 140 valence electrons. The highest BCUT2D eigenvalue weighted by Gasteiger charge is 2.44. The average Bonchev–Trinajstić information content (AvgIpc) is 2.55. The summed E-state index contributed by atoms with van der Waals surface area (Å²) in [6.07, 6.45) is 5.50. The number of aliphatic carboxylic acids is 1. The van der Waals surface area contributed by atoms with E-state index in [1.165, 1.54) is 31.7 Å². The lowest BCUT2D eigenvalue weighted by molar-refractivity contribution is -0.163. The van der Waals surface area contributed by atoms with Crippen molar-refractivity contribution in [2.75, 3.05) is 7.11 Å². The van der Waals surface area contributed by atoms with Gasteiger partial charge in [-0.25, -0.2) is 9.18 Å². The third-order valence-electron chi connectivity index (χ3n) is 5.37. The standard InChI is InChI=1S/C20H29FO4/c1-19(2,16-11-15(21)9-10-17(16)25-3)13-20(24,18(22)23)12-14-7-5-4-6-8-14/h9-11,14,24H,4-8,12-13H2,1-3H3,(H,22,23). The molecule has 0 amide bonds. The number of carboxylic acid groups (broad SMARTS) is 1. The van der Waals surface area contributed by atoms with Crippen molar-refractivity contribution in [3.05, 3.63) is 29.6 Å². The molecule has 2 rings (SSSR count). The van der Waals surface area contributed by atoms with Gasteiger partial charge in [0, 0.05) is 5.56 Å². The number of halogens is 1. The van der Waals surface area contributed by atoms with E-state index in [0.29, 0.717) is 11.3 Å². The first-order chi connectivity index (χ1) is 11.7. The molecule has 1 fully saturated rings. The fourth-order valence-electron chi connectivity index (χ4n) is 4.14.